The second-order valence-electron chi connectivity index (χ2n) is 9.39. The Morgan fingerprint density at radius 1 is 1.00 bits per heavy atom. The molecule has 7 heteroatoms. The number of hydrogen-bond donors (Lipinski definition) is 0. The number of carbonyl (C=O) groups excluding carboxylic acids is 1. The van der Waals surface area contributed by atoms with E-state index in [1.165, 1.54) is 18.2 Å². The largest absolute Gasteiger partial charge is 0.497 e. The van der Waals surface area contributed by atoms with Crippen LogP contribution in [0.15, 0.2) is 88.8 Å². The minimum absolute atomic E-state index is 0.00891. The van der Waals surface area contributed by atoms with Crippen LogP contribution in [-0.2, 0) is 11.4 Å². The number of likely N-dealkylation sites (N-methyl/N-ethyl adjacent to an activating group) is 1. The number of thioether (sulfide) groups is 1. The maximum absolute atomic E-state index is 13.6. The third-order valence-electron chi connectivity index (χ3n) is 6.91. The van der Waals surface area contributed by atoms with Crippen molar-refractivity contribution in [1.29, 1.82) is 0 Å². The number of benzene rings is 3. The minimum Gasteiger partial charge on any atom is -0.497 e. The number of likely N-dealkylation sites (tertiary alicyclic amines) is 1. The van der Waals surface area contributed by atoms with Crippen LogP contribution in [0.1, 0.15) is 30.9 Å². The van der Waals surface area contributed by atoms with Gasteiger partial charge in [0.1, 0.15) is 18.1 Å². The van der Waals surface area contributed by atoms with E-state index in [2.05, 4.69) is 11.8 Å². The maximum Gasteiger partial charge on any atom is 0.266 e. The van der Waals surface area contributed by atoms with Gasteiger partial charge in [-0.25, -0.2) is 4.99 Å². The monoisotopic (exact) mass is 527 g/mol. The maximum atomic E-state index is 13.6. The van der Waals surface area contributed by atoms with Gasteiger partial charge in [0.15, 0.2) is 5.17 Å². The Hall–Kier alpha value is -3.55. The molecule has 6 nitrogen and oxygen atoms in total. The summed E-state index contributed by atoms with van der Waals surface area (Å²) in [5.41, 5.74) is 2.87. The minimum atomic E-state index is 0.00891. The van der Waals surface area contributed by atoms with Crippen LogP contribution in [0.4, 0.5) is 5.69 Å². The number of carbonyl (C=O) groups is 1. The third-order valence-corrected chi connectivity index (χ3v) is 7.92. The van der Waals surface area contributed by atoms with Crippen LogP contribution in [0.3, 0.4) is 0 Å². The molecule has 1 amide bonds. The van der Waals surface area contributed by atoms with Gasteiger partial charge >= 0.3 is 0 Å². The molecule has 0 N–H and O–H groups in total. The Morgan fingerprint density at radius 3 is 2.45 bits per heavy atom. The highest BCUT2D eigenvalue weighted by atomic mass is 32.2. The highest BCUT2D eigenvalue weighted by Gasteiger charge is 2.37. The second-order valence-corrected chi connectivity index (χ2v) is 10.4. The molecular weight excluding hydrogens is 494 g/mol. The molecule has 38 heavy (non-hydrogen) atoms. The van der Waals surface area contributed by atoms with E-state index in [1.807, 2.05) is 89.8 Å². The van der Waals surface area contributed by atoms with E-state index in [1.54, 1.807) is 7.11 Å². The van der Waals surface area contributed by atoms with Crippen LogP contribution in [-0.4, -0.2) is 53.7 Å². The van der Waals surface area contributed by atoms with Crippen molar-refractivity contribution >= 4 is 34.6 Å². The highest BCUT2D eigenvalue weighted by molar-refractivity contribution is 8.18. The zero-order valence-electron chi connectivity index (χ0n) is 21.9. The van der Waals surface area contributed by atoms with Gasteiger partial charge in [0.05, 0.1) is 17.7 Å². The number of amides is 1. The predicted octanol–water partition coefficient (Wildman–Crippen LogP) is 6.36. The highest BCUT2D eigenvalue weighted by Crippen LogP contribution is 2.36. The van der Waals surface area contributed by atoms with Crippen molar-refractivity contribution in [3.8, 4) is 11.5 Å². The summed E-state index contributed by atoms with van der Waals surface area (Å²) in [6.45, 7) is 5.43. The van der Waals surface area contributed by atoms with Crippen LogP contribution >= 0.6 is 11.8 Å². The van der Waals surface area contributed by atoms with E-state index < -0.39 is 0 Å². The molecule has 2 fully saturated rings. The van der Waals surface area contributed by atoms with Gasteiger partial charge in [-0.05, 0) is 91.3 Å². The second kappa shape index (κ2) is 12.3. The number of aliphatic imine (C=N–C) groups is 1. The summed E-state index contributed by atoms with van der Waals surface area (Å²) in [6, 6.07) is 25.9. The van der Waals surface area contributed by atoms with E-state index >= 15 is 0 Å². The van der Waals surface area contributed by atoms with Gasteiger partial charge in [-0.15, -0.1) is 0 Å². The summed E-state index contributed by atoms with van der Waals surface area (Å²) in [5, 5.41) is 0.720. The molecule has 2 aliphatic rings. The van der Waals surface area contributed by atoms with Crippen molar-refractivity contribution < 1.29 is 14.3 Å². The summed E-state index contributed by atoms with van der Waals surface area (Å²) >= 11 is 1.44. The summed E-state index contributed by atoms with van der Waals surface area (Å²) < 4.78 is 11.2. The number of nitrogens with zero attached hydrogens (tertiary/aromatic N) is 3. The van der Waals surface area contributed by atoms with Crippen molar-refractivity contribution in [2.75, 3.05) is 26.7 Å². The summed E-state index contributed by atoms with van der Waals surface area (Å²) in [7, 11) is 1.65. The number of rotatable bonds is 9. The van der Waals surface area contributed by atoms with Gasteiger partial charge in [0, 0.05) is 12.6 Å². The molecule has 2 heterocycles. The van der Waals surface area contributed by atoms with Crippen molar-refractivity contribution in [2.24, 2.45) is 4.99 Å². The Kier molecular flexibility index (Phi) is 8.46. The first-order chi connectivity index (χ1) is 18.6. The van der Waals surface area contributed by atoms with Crippen molar-refractivity contribution in [3.63, 3.8) is 0 Å². The first kappa shape index (κ1) is 26.1. The van der Waals surface area contributed by atoms with E-state index in [4.69, 9.17) is 14.5 Å². The Balaban J connectivity index is 1.34. The predicted molar refractivity (Wildman–Crippen MR) is 155 cm³/mol. The van der Waals surface area contributed by atoms with E-state index in [-0.39, 0.29) is 5.91 Å². The van der Waals surface area contributed by atoms with Gasteiger partial charge in [-0.2, -0.15) is 0 Å². The molecule has 1 atom stereocenters. The van der Waals surface area contributed by atoms with Crippen LogP contribution in [0.25, 0.3) is 6.08 Å². The lowest BCUT2D eigenvalue weighted by Gasteiger charge is -2.27. The zero-order chi connectivity index (χ0) is 26.3. The fourth-order valence-electron chi connectivity index (χ4n) is 4.80. The molecule has 3 aromatic rings. The SMILES string of the molecule is CCN1CCCC1CN1C(=O)C(=Cc2ccc(OCc3ccccc3)cc2)SC1=Nc1ccc(OC)cc1. The van der Waals surface area contributed by atoms with Crippen molar-refractivity contribution in [3.05, 3.63) is 94.9 Å². The lowest BCUT2D eigenvalue weighted by molar-refractivity contribution is -0.122. The van der Waals surface area contributed by atoms with Crippen LogP contribution in [0.5, 0.6) is 11.5 Å². The lowest BCUT2D eigenvalue weighted by atomic mass is 10.2. The molecule has 0 bridgehead atoms. The zero-order valence-corrected chi connectivity index (χ0v) is 22.7. The topological polar surface area (TPSA) is 54.4 Å². The molecule has 0 spiro atoms. The Morgan fingerprint density at radius 2 is 1.74 bits per heavy atom. The van der Waals surface area contributed by atoms with Crippen LogP contribution < -0.4 is 9.47 Å². The van der Waals surface area contributed by atoms with Gasteiger partial charge in [-0.3, -0.25) is 14.6 Å². The molecule has 0 radical (unpaired) electrons. The fourth-order valence-corrected chi connectivity index (χ4v) is 5.81. The molecule has 2 saturated heterocycles. The summed E-state index contributed by atoms with van der Waals surface area (Å²) in [5.74, 6) is 1.59. The normalized spacial score (nSPS) is 20.0. The van der Waals surface area contributed by atoms with Gasteiger partial charge in [0.2, 0.25) is 0 Å². The smallest absolute Gasteiger partial charge is 0.266 e. The Bertz CT molecular complexity index is 1290. The first-order valence-corrected chi connectivity index (χ1v) is 13.9. The van der Waals surface area contributed by atoms with Crippen LogP contribution in [0, 0.1) is 0 Å². The van der Waals surface area contributed by atoms with E-state index in [0.29, 0.717) is 24.1 Å². The van der Waals surface area contributed by atoms with Crippen molar-refractivity contribution in [1.82, 2.24) is 9.80 Å². The quantitative estimate of drug-likeness (QED) is 0.303. The number of amidine groups is 1. The molecule has 0 aromatic heterocycles. The van der Waals surface area contributed by atoms with Gasteiger partial charge in [-0.1, -0.05) is 49.4 Å². The fraction of sp³-hybridized carbons (Fsp3) is 0.290. The molecule has 0 saturated carbocycles. The first-order valence-electron chi connectivity index (χ1n) is 13.1. The summed E-state index contributed by atoms with van der Waals surface area (Å²) in [4.78, 5) is 23.5. The molecule has 2 aliphatic heterocycles. The van der Waals surface area contributed by atoms with E-state index in [9.17, 15) is 4.79 Å². The number of methoxy groups -OCH3 is 1. The molecule has 196 valence electrons. The molecule has 3 aromatic carbocycles. The van der Waals surface area contributed by atoms with Crippen LogP contribution in [0.2, 0.25) is 0 Å². The number of ether oxygens (including phenoxy) is 2. The number of hydrogen-bond acceptors (Lipinski definition) is 6. The van der Waals surface area contributed by atoms with E-state index in [0.717, 1.165) is 53.0 Å². The average molecular weight is 528 g/mol. The van der Waals surface area contributed by atoms with Gasteiger partial charge < -0.3 is 9.47 Å². The molecule has 0 aliphatic carbocycles. The molecular formula is C31H33N3O3S. The average Bonchev–Trinajstić information content (AvgIpc) is 3.53. The Labute approximate surface area is 229 Å². The van der Waals surface area contributed by atoms with Crippen molar-refractivity contribution in [2.45, 2.75) is 32.4 Å². The molecule has 1 unspecified atom stereocenters. The standard InChI is InChI=1S/C31H33N3O3S/c1-3-33-19-7-10-26(33)21-34-30(35)29(38-31(34)32-25-13-17-27(36-2)18-14-25)20-23-11-15-28(16-12-23)37-22-24-8-5-4-6-9-24/h4-6,8-9,11-18,20,26H,3,7,10,19,21-22H2,1-2H3. The van der Waals surface area contributed by atoms with Gasteiger partial charge in [0.25, 0.3) is 5.91 Å². The molecule has 5 rings (SSSR count). The lowest BCUT2D eigenvalue weighted by Crippen LogP contribution is -2.42. The third kappa shape index (κ3) is 6.29. The summed E-state index contributed by atoms with van der Waals surface area (Å²) in [6.07, 6.45) is 4.21.